The molecule has 1 aliphatic carbocycles. The number of ether oxygens (including phenoxy) is 2. The van der Waals surface area contributed by atoms with Gasteiger partial charge in [0.2, 0.25) is 0 Å². The number of allylic oxidation sites excluding steroid dienone is 1. The Hall–Kier alpha value is -0.540. The molecule has 0 spiro atoms. The number of carbonyl (C=O) groups excluding carboxylic acids is 1. The summed E-state index contributed by atoms with van der Waals surface area (Å²) in [7, 11) is 1.33. The third-order valence-corrected chi connectivity index (χ3v) is 3.53. The van der Waals surface area contributed by atoms with E-state index in [1.54, 1.807) is 0 Å². The van der Waals surface area contributed by atoms with Crippen molar-refractivity contribution in [3.05, 3.63) is 11.4 Å². The average Bonchev–Trinajstić information content (AvgIpc) is 2.32. The van der Waals surface area contributed by atoms with Gasteiger partial charge in [-0.15, -0.1) is 0 Å². The van der Waals surface area contributed by atoms with Crippen LogP contribution in [0.15, 0.2) is 11.4 Å². The molecule has 0 radical (unpaired) electrons. The zero-order valence-electron chi connectivity index (χ0n) is 10.5. The molecule has 104 valence electrons. The van der Waals surface area contributed by atoms with Crippen LogP contribution < -0.4 is 11.6 Å². The first-order valence-corrected chi connectivity index (χ1v) is 6.90. The molecule has 0 aromatic heterocycles. The predicted octanol–water partition coefficient (Wildman–Crippen LogP) is 1.20. The summed E-state index contributed by atoms with van der Waals surface area (Å²) in [5.41, 5.74) is 7.60. The molecular weight excluding hydrogens is 349 g/mol. The maximum absolute atomic E-state index is 11.1. The van der Waals surface area contributed by atoms with E-state index >= 15 is 0 Å². The fourth-order valence-corrected chi connectivity index (χ4v) is 2.44. The lowest BCUT2D eigenvalue weighted by molar-refractivity contribution is -0.147. The lowest BCUT2D eigenvalue weighted by Gasteiger charge is -2.26. The van der Waals surface area contributed by atoms with E-state index in [0.717, 1.165) is 37.8 Å². The van der Waals surface area contributed by atoms with Gasteiger partial charge < -0.3 is 15.2 Å². The van der Waals surface area contributed by atoms with Crippen LogP contribution in [0.5, 0.6) is 0 Å². The lowest BCUT2D eigenvalue weighted by Crippen LogP contribution is -2.32. The number of methoxy groups -OCH3 is 1. The van der Waals surface area contributed by atoms with Gasteiger partial charge in [0, 0.05) is 0 Å². The Morgan fingerprint density at radius 1 is 1.50 bits per heavy atom. The number of halogens is 1. The summed E-state index contributed by atoms with van der Waals surface area (Å²) in [5.74, 6) is 5.36. The molecule has 4 N–H and O–H groups in total. The molecule has 6 nitrogen and oxygen atoms in total. The van der Waals surface area contributed by atoms with Gasteiger partial charge in [-0.05, 0) is 19.3 Å². The van der Waals surface area contributed by atoms with Gasteiger partial charge in [0.1, 0.15) is 6.61 Å². The van der Waals surface area contributed by atoms with E-state index in [9.17, 15) is 4.79 Å². The summed E-state index contributed by atoms with van der Waals surface area (Å²) in [5, 5.41) is 0. The molecule has 0 amide bonds. The molecule has 0 saturated heterocycles. The molecule has 1 atom stereocenters. The minimum absolute atomic E-state index is 0.0824. The Morgan fingerprint density at radius 3 is 2.83 bits per heavy atom. The minimum Gasteiger partial charge on any atom is -0.467 e. The monoisotopic (exact) mass is 369 g/mol. The topological polar surface area (TPSA) is 90.8 Å². The molecule has 0 aromatic rings. The highest BCUT2D eigenvalue weighted by molar-refractivity contribution is 14.1. The maximum atomic E-state index is 11.1. The van der Waals surface area contributed by atoms with Crippen LogP contribution >= 0.6 is 22.9 Å². The van der Waals surface area contributed by atoms with Crippen LogP contribution in [-0.2, 0) is 14.3 Å². The van der Waals surface area contributed by atoms with Gasteiger partial charge in [-0.1, -0.05) is 12.8 Å². The van der Waals surface area contributed by atoms with Gasteiger partial charge in [0.15, 0.2) is 0 Å². The van der Waals surface area contributed by atoms with E-state index < -0.39 is 5.97 Å². The van der Waals surface area contributed by atoms with Gasteiger partial charge in [-0.2, -0.15) is 0 Å². The first-order valence-electron chi connectivity index (χ1n) is 5.93. The zero-order valence-corrected chi connectivity index (χ0v) is 12.7. The van der Waals surface area contributed by atoms with Crippen molar-refractivity contribution in [2.75, 3.05) is 13.7 Å². The van der Waals surface area contributed by atoms with Crippen molar-refractivity contribution in [1.82, 2.24) is 3.22 Å². The van der Waals surface area contributed by atoms with E-state index in [0.29, 0.717) is 5.70 Å². The van der Waals surface area contributed by atoms with Gasteiger partial charge in [0.25, 0.3) is 0 Å². The predicted molar refractivity (Wildman–Crippen MR) is 76.1 cm³/mol. The summed E-state index contributed by atoms with van der Waals surface area (Å²) < 4.78 is 11.6. The number of carbonyl (C=O) groups is 1. The number of hydrazine groups is 1. The van der Waals surface area contributed by atoms with Crippen molar-refractivity contribution < 1.29 is 14.3 Å². The van der Waals surface area contributed by atoms with Gasteiger partial charge in [-0.25, -0.2) is 10.6 Å². The normalized spacial score (nSPS) is 25.2. The Kier molecular flexibility index (Phi) is 6.72. The molecule has 7 heteroatoms. The molecule has 18 heavy (non-hydrogen) atoms. The Labute approximate surface area is 121 Å². The molecular formula is C11H20IN3O3. The summed E-state index contributed by atoms with van der Waals surface area (Å²) in [6.45, 7) is -0.0824. The Balaban J connectivity index is 2.74. The van der Waals surface area contributed by atoms with Crippen LogP contribution in [0.1, 0.15) is 32.1 Å². The fourth-order valence-electron chi connectivity index (χ4n) is 1.92. The third kappa shape index (κ3) is 4.62. The standard InChI is InChI=1S/C11H20IN3O3/c1-17-10(16)7-18-9-6-4-2-3-5-8(11(9)13)15(12)14/h9H,2-7,13-14H2,1H3/b11-8-. The quantitative estimate of drug-likeness (QED) is 0.255. The van der Waals surface area contributed by atoms with Crippen molar-refractivity contribution in [3.63, 3.8) is 0 Å². The summed E-state index contributed by atoms with van der Waals surface area (Å²) >= 11 is 1.99. The molecule has 1 rings (SSSR count). The number of esters is 1. The molecule has 1 aliphatic rings. The smallest absolute Gasteiger partial charge is 0.331 e. The number of nitrogens with two attached hydrogens (primary N) is 2. The van der Waals surface area contributed by atoms with E-state index in [4.69, 9.17) is 16.3 Å². The summed E-state index contributed by atoms with van der Waals surface area (Å²) in [4.78, 5) is 11.1. The van der Waals surface area contributed by atoms with Crippen LogP contribution in [0.4, 0.5) is 0 Å². The fraction of sp³-hybridized carbons (Fsp3) is 0.727. The van der Waals surface area contributed by atoms with Crippen LogP contribution in [0.3, 0.4) is 0 Å². The van der Waals surface area contributed by atoms with Crippen molar-refractivity contribution in [2.24, 2.45) is 11.6 Å². The highest BCUT2D eigenvalue weighted by Crippen LogP contribution is 2.25. The van der Waals surface area contributed by atoms with Gasteiger partial charge in [-0.3, -0.25) is 3.22 Å². The second-order valence-corrected chi connectivity index (χ2v) is 5.23. The van der Waals surface area contributed by atoms with Crippen LogP contribution in [0.2, 0.25) is 0 Å². The van der Waals surface area contributed by atoms with Crippen LogP contribution in [0.25, 0.3) is 0 Å². The molecule has 0 saturated carbocycles. The van der Waals surface area contributed by atoms with Gasteiger partial charge >= 0.3 is 5.97 Å². The molecule has 1 unspecified atom stereocenters. The second kappa shape index (κ2) is 7.80. The third-order valence-electron chi connectivity index (χ3n) is 2.95. The van der Waals surface area contributed by atoms with Crippen molar-refractivity contribution in [1.29, 1.82) is 0 Å². The van der Waals surface area contributed by atoms with Crippen molar-refractivity contribution in [2.45, 2.75) is 38.2 Å². The van der Waals surface area contributed by atoms with E-state index in [1.807, 2.05) is 22.9 Å². The first-order chi connectivity index (χ1) is 8.56. The second-order valence-electron chi connectivity index (χ2n) is 4.19. The largest absolute Gasteiger partial charge is 0.467 e. The first kappa shape index (κ1) is 15.5. The number of nitrogens with zero attached hydrogens (tertiary/aromatic N) is 1. The highest BCUT2D eigenvalue weighted by Gasteiger charge is 2.21. The lowest BCUT2D eigenvalue weighted by atomic mass is 9.99. The van der Waals surface area contributed by atoms with E-state index in [1.165, 1.54) is 10.3 Å². The van der Waals surface area contributed by atoms with E-state index in [2.05, 4.69) is 4.74 Å². The van der Waals surface area contributed by atoms with Gasteiger partial charge in [0.05, 0.1) is 47.5 Å². The summed E-state index contributed by atoms with van der Waals surface area (Å²) in [6, 6.07) is 0. The molecule has 0 heterocycles. The molecule has 0 aliphatic heterocycles. The summed E-state index contributed by atoms with van der Waals surface area (Å²) in [6.07, 6.45) is 4.59. The van der Waals surface area contributed by atoms with Crippen molar-refractivity contribution >= 4 is 28.8 Å². The number of hydrogen-bond donors (Lipinski definition) is 2. The zero-order chi connectivity index (χ0) is 13.5. The SMILES string of the molecule is COC(=O)COC1CCCCC/C(N(N)I)=C\1N. The average molecular weight is 369 g/mol. The Morgan fingerprint density at radius 2 is 2.22 bits per heavy atom. The number of rotatable bonds is 4. The Bertz CT molecular complexity index is 321. The molecule has 0 fully saturated rings. The van der Waals surface area contributed by atoms with Crippen molar-refractivity contribution in [3.8, 4) is 0 Å². The van der Waals surface area contributed by atoms with Crippen LogP contribution in [-0.4, -0.2) is 29.0 Å². The van der Waals surface area contributed by atoms with Crippen LogP contribution in [0, 0.1) is 0 Å². The molecule has 0 bridgehead atoms. The van der Waals surface area contributed by atoms with E-state index in [-0.39, 0.29) is 12.7 Å². The number of hydrogen-bond acceptors (Lipinski definition) is 6. The minimum atomic E-state index is -0.398. The highest BCUT2D eigenvalue weighted by atomic mass is 127. The maximum Gasteiger partial charge on any atom is 0.331 e. The molecule has 0 aromatic carbocycles.